The topological polar surface area (TPSA) is 21.3 Å². The molecule has 0 radical (unpaired) electrons. The second-order valence-corrected chi connectivity index (χ2v) is 6.77. The smallest absolute Gasteiger partial charge is 0.0720 e. The molecule has 0 aromatic heterocycles. The summed E-state index contributed by atoms with van der Waals surface area (Å²) in [5.41, 5.74) is 3.16. The quantitative estimate of drug-likeness (QED) is 0.836. The van der Waals surface area contributed by atoms with Crippen LogP contribution in [0.2, 0.25) is 0 Å². The minimum atomic E-state index is 0.459. The van der Waals surface area contributed by atoms with Crippen LogP contribution in [-0.4, -0.2) is 12.6 Å². The molecule has 1 fully saturated rings. The van der Waals surface area contributed by atoms with Gasteiger partial charge in [-0.2, -0.15) is 0 Å². The Hall–Kier alpha value is -0.860. The number of nitrogens with one attached hydrogen (secondary N) is 1. The Labute approximate surface area is 123 Å². The molecule has 1 aromatic carbocycles. The van der Waals surface area contributed by atoms with E-state index in [2.05, 4.69) is 50.4 Å². The first-order valence-electron chi connectivity index (χ1n) is 7.99. The Kier molecular flexibility index (Phi) is 5.62. The van der Waals surface area contributed by atoms with Crippen LogP contribution in [0, 0.1) is 5.41 Å². The van der Waals surface area contributed by atoms with Crippen molar-refractivity contribution in [1.82, 2.24) is 5.32 Å². The number of rotatable bonds is 6. The molecule has 112 valence electrons. The van der Waals surface area contributed by atoms with Crippen LogP contribution < -0.4 is 5.32 Å². The summed E-state index contributed by atoms with van der Waals surface area (Å²) in [5.74, 6) is 0. The zero-order valence-corrected chi connectivity index (χ0v) is 13.2. The van der Waals surface area contributed by atoms with Gasteiger partial charge in [-0.25, -0.2) is 0 Å². The largest absolute Gasteiger partial charge is 0.374 e. The first-order valence-corrected chi connectivity index (χ1v) is 7.99. The van der Waals surface area contributed by atoms with E-state index in [4.69, 9.17) is 4.74 Å². The van der Waals surface area contributed by atoms with Gasteiger partial charge in [0.1, 0.15) is 0 Å². The van der Waals surface area contributed by atoms with Crippen molar-refractivity contribution >= 4 is 0 Å². The predicted molar refractivity (Wildman–Crippen MR) is 84.6 cm³/mol. The van der Waals surface area contributed by atoms with Gasteiger partial charge in [0.15, 0.2) is 0 Å². The van der Waals surface area contributed by atoms with Gasteiger partial charge >= 0.3 is 0 Å². The summed E-state index contributed by atoms with van der Waals surface area (Å²) in [6, 6.07) is 8.74. The van der Waals surface area contributed by atoms with Gasteiger partial charge in [0.25, 0.3) is 0 Å². The Balaban J connectivity index is 1.79. The van der Waals surface area contributed by atoms with Crippen LogP contribution in [0.25, 0.3) is 0 Å². The van der Waals surface area contributed by atoms with Crippen molar-refractivity contribution in [3.63, 3.8) is 0 Å². The van der Waals surface area contributed by atoms with Crippen molar-refractivity contribution in [1.29, 1.82) is 0 Å². The number of hydrogen-bond acceptors (Lipinski definition) is 2. The summed E-state index contributed by atoms with van der Waals surface area (Å²) in [5, 5.41) is 3.37. The highest BCUT2D eigenvalue weighted by atomic mass is 16.5. The minimum Gasteiger partial charge on any atom is -0.374 e. The number of ether oxygens (including phenoxy) is 1. The van der Waals surface area contributed by atoms with Gasteiger partial charge in [0.2, 0.25) is 0 Å². The molecule has 2 rings (SSSR count). The molecule has 0 atom stereocenters. The van der Waals surface area contributed by atoms with E-state index < -0.39 is 0 Å². The third kappa shape index (κ3) is 4.92. The van der Waals surface area contributed by atoms with E-state index in [-0.39, 0.29) is 0 Å². The maximum Gasteiger partial charge on any atom is 0.0720 e. The third-order valence-corrected chi connectivity index (χ3v) is 4.34. The Morgan fingerprint density at radius 3 is 2.60 bits per heavy atom. The van der Waals surface area contributed by atoms with E-state index in [0.717, 1.165) is 19.7 Å². The fraction of sp³-hybridized carbons (Fsp3) is 0.667. The Morgan fingerprint density at radius 1 is 1.20 bits per heavy atom. The summed E-state index contributed by atoms with van der Waals surface area (Å²) in [6.45, 7) is 9.59. The molecule has 1 aliphatic rings. The molecule has 0 aliphatic heterocycles. The normalized spacial score (nSPS) is 19.1. The molecule has 0 unspecified atom stereocenters. The first-order chi connectivity index (χ1) is 9.59. The monoisotopic (exact) mass is 275 g/mol. The Bertz CT molecular complexity index is 404. The molecule has 1 aliphatic carbocycles. The highest BCUT2D eigenvalue weighted by Crippen LogP contribution is 2.36. The summed E-state index contributed by atoms with van der Waals surface area (Å²) in [4.78, 5) is 0. The van der Waals surface area contributed by atoms with Crippen LogP contribution in [0.1, 0.15) is 57.6 Å². The lowest BCUT2D eigenvalue weighted by atomic mass is 9.76. The van der Waals surface area contributed by atoms with Gasteiger partial charge in [-0.15, -0.1) is 0 Å². The molecular weight excluding hydrogens is 246 g/mol. The summed E-state index contributed by atoms with van der Waals surface area (Å²) < 4.78 is 6.10. The van der Waals surface area contributed by atoms with E-state index in [1.807, 2.05) is 0 Å². The lowest BCUT2D eigenvalue weighted by molar-refractivity contribution is -0.00560. The van der Waals surface area contributed by atoms with Gasteiger partial charge < -0.3 is 10.1 Å². The molecule has 0 saturated heterocycles. The van der Waals surface area contributed by atoms with Gasteiger partial charge in [-0.05, 0) is 48.8 Å². The molecule has 0 heterocycles. The van der Waals surface area contributed by atoms with Crippen LogP contribution in [0.15, 0.2) is 24.3 Å². The van der Waals surface area contributed by atoms with Gasteiger partial charge in [0, 0.05) is 6.54 Å². The molecule has 0 spiro atoms. The fourth-order valence-electron chi connectivity index (χ4n) is 2.85. The summed E-state index contributed by atoms with van der Waals surface area (Å²) in [7, 11) is 0. The Morgan fingerprint density at radius 2 is 1.90 bits per heavy atom. The van der Waals surface area contributed by atoms with E-state index in [1.165, 1.54) is 36.8 Å². The lowest BCUT2D eigenvalue weighted by Crippen LogP contribution is -2.26. The molecular formula is C18H29NO. The zero-order valence-electron chi connectivity index (χ0n) is 13.2. The van der Waals surface area contributed by atoms with E-state index in [1.54, 1.807) is 0 Å². The first kappa shape index (κ1) is 15.5. The standard InChI is InChI=1S/C18H29NO/c1-4-19-13-15-6-5-7-16(12-15)14-20-17-8-10-18(2,3)11-9-17/h5-7,12,17,19H,4,8-11,13-14H2,1-3H3. The van der Waals surface area contributed by atoms with E-state index in [0.29, 0.717) is 11.5 Å². The van der Waals surface area contributed by atoms with Crippen molar-refractivity contribution in [3.05, 3.63) is 35.4 Å². The van der Waals surface area contributed by atoms with Crippen LogP contribution >= 0.6 is 0 Å². The molecule has 2 heteroatoms. The zero-order chi connectivity index (χ0) is 14.4. The molecule has 2 nitrogen and oxygen atoms in total. The van der Waals surface area contributed by atoms with E-state index >= 15 is 0 Å². The minimum absolute atomic E-state index is 0.459. The second kappa shape index (κ2) is 7.24. The van der Waals surface area contributed by atoms with Crippen molar-refractivity contribution in [2.45, 2.75) is 65.7 Å². The maximum absolute atomic E-state index is 6.10. The lowest BCUT2D eigenvalue weighted by Gasteiger charge is -2.34. The molecule has 1 N–H and O–H groups in total. The van der Waals surface area contributed by atoms with Crippen LogP contribution in [0.5, 0.6) is 0 Å². The van der Waals surface area contributed by atoms with Crippen LogP contribution in [0.4, 0.5) is 0 Å². The average molecular weight is 275 g/mol. The summed E-state index contributed by atoms with van der Waals surface area (Å²) in [6.07, 6.45) is 5.46. The van der Waals surface area contributed by atoms with Crippen molar-refractivity contribution in [3.8, 4) is 0 Å². The van der Waals surface area contributed by atoms with Gasteiger partial charge in [-0.1, -0.05) is 45.0 Å². The maximum atomic E-state index is 6.10. The van der Waals surface area contributed by atoms with Crippen molar-refractivity contribution < 1.29 is 4.74 Å². The SMILES string of the molecule is CCNCc1cccc(COC2CCC(C)(C)CC2)c1. The molecule has 1 saturated carbocycles. The summed E-state index contributed by atoms with van der Waals surface area (Å²) >= 11 is 0. The third-order valence-electron chi connectivity index (χ3n) is 4.34. The highest BCUT2D eigenvalue weighted by Gasteiger charge is 2.27. The predicted octanol–water partition coefficient (Wildman–Crippen LogP) is 4.28. The molecule has 0 amide bonds. The van der Waals surface area contributed by atoms with Gasteiger partial charge in [-0.3, -0.25) is 0 Å². The van der Waals surface area contributed by atoms with E-state index in [9.17, 15) is 0 Å². The number of benzene rings is 1. The molecule has 20 heavy (non-hydrogen) atoms. The van der Waals surface area contributed by atoms with Crippen molar-refractivity contribution in [2.24, 2.45) is 5.41 Å². The highest BCUT2D eigenvalue weighted by molar-refractivity contribution is 5.22. The van der Waals surface area contributed by atoms with Crippen LogP contribution in [-0.2, 0) is 17.9 Å². The fourth-order valence-corrected chi connectivity index (χ4v) is 2.85. The number of hydrogen-bond donors (Lipinski definition) is 1. The molecule has 1 aromatic rings. The van der Waals surface area contributed by atoms with Crippen LogP contribution in [0.3, 0.4) is 0 Å². The molecule has 0 bridgehead atoms. The van der Waals surface area contributed by atoms with Crippen molar-refractivity contribution in [2.75, 3.05) is 6.54 Å². The second-order valence-electron chi connectivity index (χ2n) is 6.77. The van der Waals surface area contributed by atoms with Gasteiger partial charge in [0.05, 0.1) is 12.7 Å². The average Bonchev–Trinajstić information content (AvgIpc) is 2.44.